The van der Waals surface area contributed by atoms with E-state index in [4.69, 9.17) is 0 Å². The van der Waals surface area contributed by atoms with Crippen molar-refractivity contribution < 1.29 is 4.79 Å². The van der Waals surface area contributed by atoms with Gasteiger partial charge in [-0.2, -0.15) is 0 Å². The Balaban J connectivity index is 2.11. The highest BCUT2D eigenvalue weighted by atomic mass is 32.2. The first-order valence-electron chi connectivity index (χ1n) is 7.19. The standard InChI is InChI=1S/C15H21N3OS2/c1-5-11-6-12-14(17-8-18-15(12)21-11)20-10(4)13(19)16-7-9(2)3/h6,8-10H,5,7H2,1-4H3,(H,16,19). The van der Waals surface area contributed by atoms with Gasteiger partial charge in [0.25, 0.3) is 0 Å². The minimum Gasteiger partial charge on any atom is -0.355 e. The highest BCUT2D eigenvalue weighted by Gasteiger charge is 2.17. The molecule has 0 saturated carbocycles. The van der Waals surface area contributed by atoms with Gasteiger partial charge in [-0.1, -0.05) is 32.5 Å². The first kappa shape index (κ1) is 16.2. The lowest BCUT2D eigenvalue weighted by Crippen LogP contribution is -2.33. The van der Waals surface area contributed by atoms with E-state index in [1.807, 2.05) is 6.92 Å². The Morgan fingerprint density at radius 2 is 2.14 bits per heavy atom. The molecule has 0 saturated heterocycles. The summed E-state index contributed by atoms with van der Waals surface area (Å²) in [6, 6.07) is 2.14. The van der Waals surface area contributed by atoms with Crippen molar-refractivity contribution in [3.63, 3.8) is 0 Å². The van der Waals surface area contributed by atoms with Crippen LogP contribution in [0, 0.1) is 5.92 Å². The summed E-state index contributed by atoms with van der Waals surface area (Å²) >= 11 is 3.20. The summed E-state index contributed by atoms with van der Waals surface area (Å²) in [5.74, 6) is 0.521. The number of nitrogens with zero attached hydrogens (tertiary/aromatic N) is 2. The molecule has 2 aromatic rings. The lowest BCUT2D eigenvalue weighted by molar-refractivity contribution is -0.120. The van der Waals surface area contributed by atoms with Crippen molar-refractivity contribution >= 4 is 39.2 Å². The maximum absolute atomic E-state index is 12.1. The Morgan fingerprint density at radius 3 is 2.81 bits per heavy atom. The molecule has 2 heterocycles. The zero-order valence-electron chi connectivity index (χ0n) is 12.8. The van der Waals surface area contributed by atoms with Crippen molar-refractivity contribution in [3.05, 3.63) is 17.3 Å². The average molecular weight is 323 g/mol. The van der Waals surface area contributed by atoms with Crippen molar-refractivity contribution in [1.82, 2.24) is 15.3 Å². The number of fused-ring (bicyclic) bond motifs is 1. The van der Waals surface area contributed by atoms with E-state index < -0.39 is 0 Å². The summed E-state index contributed by atoms with van der Waals surface area (Å²) in [4.78, 5) is 23.0. The molecule has 0 radical (unpaired) electrons. The Hall–Kier alpha value is -1.14. The number of amides is 1. The molecule has 1 atom stereocenters. The van der Waals surface area contributed by atoms with Crippen LogP contribution in [0.3, 0.4) is 0 Å². The van der Waals surface area contributed by atoms with Gasteiger partial charge in [0, 0.05) is 16.8 Å². The van der Waals surface area contributed by atoms with Gasteiger partial charge in [0.15, 0.2) is 0 Å². The van der Waals surface area contributed by atoms with Crippen LogP contribution in [0.5, 0.6) is 0 Å². The number of aromatic nitrogens is 2. The van der Waals surface area contributed by atoms with E-state index in [0.29, 0.717) is 12.5 Å². The van der Waals surface area contributed by atoms with Gasteiger partial charge in [-0.25, -0.2) is 9.97 Å². The second-order valence-corrected chi connectivity index (χ2v) is 7.81. The van der Waals surface area contributed by atoms with Crippen LogP contribution in [0.1, 0.15) is 32.6 Å². The minimum atomic E-state index is -0.160. The molecule has 21 heavy (non-hydrogen) atoms. The number of aryl methyl sites for hydroxylation is 1. The Kier molecular flexibility index (Phi) is 5.58. The van der Waals surface area contributed by atoms with Gasteiger partial charge in [0.1, 0.15) is 16.2 Å². The molecule has 0 aliphatic rings. The van der Waals surface area contributed by atoms with E-state index in [1.165, 1.54) is 16.6 Å². The highest BCUT2D eigenvalue weighted by molar-refractivity contribution is 8.00. The summed E-state index contributed by atoms with van der Waals surface area (Å²) < 4.78 is 0. The van der Waals surface area contributed by atoms with Gasteiger partial charge in [-0.15, -0.1) is 11.3 Å². The lowest BCUT2D eigenvalue weighted by Gasteiger charge is -2.13. The third-order valence-corrected chi connectivity index (χ3v) is 5.34. The highest BCUT2D eigenvalue weighted by Crippen LogP contribution is 2.32. The second kappa shape index (κ2) is 7.22. The molecule has 114 valence electrons. The van der Waals surface area contributed by atoms with Gasteiger partial charge in [-0.3, -0.25) is 4.79 Å². The molecule has 0 aliphatic heterocycles. The number of carbonyl (C=O) groups excluding carboxylic acids is 1. The van der Waals surface area contributed by atoms with Crippen LogP contribution in [-0.2, 0) is 11.2 Å². The van der Waals surface area contributed by atoms with Crippen molar-refractivity contribution in [3.8, 4) is 0 Å². The van der Waals surface area contributed by atoms with Crippen LogP contribution in [0.25, 0.3) is 10.2 Å². The van der Waals surface area contributed by atoms with Crippen LogP contribution in [0.2, 0.25) is 0 Å². The number of hydrogen-bond acceptors (Lipinski definition) is 5. The molecule has 0 aromatic carbocycles. The summed E-state index contributed by atoms with van der Waals surface area (Å²) in [6.45, 7) is 8.93. The first-order chi connectivity index (χ1) is 10.0. The molecule has 1 N–H and O–H groups in total. The summed E-state index contributed by atoms with van der Waals surface area (Å²) in [5, 5.41) is 4.76. The van der Waals surface area contributed by atoms with Gasteiger partial charge in [-0.05, 0) is 25.3 Å². The van der Waals surface area contributed by atoms with Gasteiger partial charge in [0.2, 0.25) is 5.91 Å². The molecule has 0 spiro atoms. The van der Waals surface area contributed by atoms with Crippen molar-refractivity contribution in [2.24, 2.45) is 5.92 Å². The number of thioether (sulfide) groups is 1. The van der Waals surface area contributed by atoms with Crippen LogP contribution in [0.15, 0.2) is 17.4 Å². The maximum Gasteiger partial charge on any atom is 0.233 e. The largest absolute Gasteiger partial charge is 0.355 e. The topological polar surface area (TPSA) is 54.9 Å². The fraction of sp³-hybridized carbons (Fsp3) is 0.533. The molecule has 2 aromatic heterocycles. The maximum atomic E-state index is 12.1. The Labute approximate surface area is 133 Å². The van der Waals surface area contributed by atoms with Crippen molar-refractivity contribution in [1.29, 1.82) is 0 Å². The van der Waals surface area contributed by atoms with Gasteiger partial charge >= 0.3 is 0 Å². The molecule has 1 amide bonds. The van der Waals surface area contributed by atoms with Crippen LogP contribution in [0.4, 0.5) is 0 Å². The fourth-order valence-electron chi connectivity index (χ4n) is 1.82. The number of thiophene rings is 1. The number of hydrogen-bond donors (Lipinski definition) is 1. The van der Waals surface area contributed by atoms with Gasteiger partial charge in [0.05, 0.1) is 5.25 Å². The summed E-state index contributed by atoms with van der Waals surface area (Å²) in [5.41, 5.74) is 0. The second-order valence-electron chi connectivity index (χ2n) is 5.36. The van der Waals surface area contributed by atoms with Crippen LogP contribution < -0.4 is 5.32 Å². The summed E-state index contributed by atoms with van der Waals surface area (Å²) in [6.07, 6.45) is 2.58. The van der Waals surface area contributed by atoms with E-state index in [0.717, 1.165) is 21.7 Å². The average Bonchev–Trinajstić information content (AvgIpc) is 2.88. The summed E-state index contributed by atoms with van der Waals surface area (Å²) in [7, 11) is 0. The molecule has 6 heteroatoms. The monoisotopic (exact) mass is 323 g/mol. The molecule has 0 aliphatic carbocycles. The van der Waals surface area contributed by atoms with E-state index in [9.17, 15) is 4.79 Å². The molecule has 0 fully saturated rings. The van der Waals surface area contributed by atoms with E-state index in [1.54, 1.807) is 17.7 Å². The zero-order valence-corrected chi connectivity index (χ0v) is 14.5. The minimum absolute atomic E-state index is 0.0615. The molecule has 0 bridgehead atoms. The molecular weight excluding hydrogens is 302 g/mol. The van der Waals surface area contributed by atoms with Crippen molar-refractivity contribution in [2.75, 3.05) is 6.54 Å². The predicted octanol–water partition coefficient (Wildman–Crippen LogP) is 3.51. The quantitative estimate of drug-likeness (QED) is 0.653. The molecule has 4 nitrogen and oxygen atoms in total. The SMILES string of the molecule is CCc1cc2c(SC(C)C(=O)NCC(C)C)ncnc2s1. The van der Waals surface area contributed by atoms with E-state index >= 15 is 0 Å². The lowest BCUT2D eigenvalue weighted by atomic mass is 10.2. The Morgan fingerprint density at radius 1 is 1.38 bits per heavy atom. The third kappa shape index (κ3) is 4.17. The third-order valence-electron chi connectivity index (χ3n) is 3.03. The predicted molar refractivity (Wildman–Crippen MR) is 90.0 cm³/mol. The van der Waals surface area contributed by atoms with E-state index in [-0.39, 0.29) is 11.2 Å². The molecule has 2 rings (SSSR count). The van der Waals surface area contributed by atoms with Crippen LogP contribution in [-0.4, -0.2) is 27.7 Å². The van der Waals surface area contributed by atoms with E-state index in [2.05, 4.69) is 42.1 Å². The smallest absolute Gasteiger partial charge is 0.233 e. The fourth-order valence-corrected chi connectivity index (χ4v) is 3.74. The number of carbonyl (C=O) groups is 1. The first-order valence-corrected chi connectivity index (χ1v) is 8.88. The molecular formula is C15H21N3OS2. The molecule has 1 unspecified atom stereocenters. The van der Waals surface area contributed by atoms with Crippen LogP contribution >= 0.6 is 23.1 Å². The number of nitrogens with one attached hydrogen (secondary N) is 1. The zero-order chi connectivity index (χ0) is 15.4. The van der Waals surface area contributed by atoms with Gasteiger partial charge < -0.3 is 5.32 Å². The normalized spacial score (nSPS) is 12.8. The van der Waals surface area contributed by atoms with Crippen molar-refractivity contribution in [2.45, 2.75) is 44.4 Å². The Bertz CT molecular complexity index is 624. The number of rotatable bonds is 6.